The molecule has 2 fully saturated rings. The van der Waals surface area contributed by atoms with Gasteiger partial charge in [-0.2, -0.15) is 0 Å². The Kier molecular flexibility index (Phi) is 7.84. The normalized spacial score (nSPS) is 20.5. The summed E-state index contributed by atoms with van der Waals surface area (Å²) in [5.41, 5.74) is 7.19. The third-order valence-electron chi connectivity index (χ3n) is 7.24. The van der Waals surface area contributed by atoms with Crippen molar-refractivity contribution in [3.8, 4) is 0 Å². The number of nitrogens with one attached hydrogen (secondary N) is 2. The summed E-state index contributed by atoms with van der Waals surface area (Å²) in [5.74, 6) is -0.0685. The summed E-state index contributed by atoms with van der Waals surface area (Å²) in [4.78, 5) is 40.5. The number of rotatable bonds is 7. The number of carbonyl (C=O) groups excluding carboxylic acids is 3. The van der Waals surface area contributed by atoms with Crippen molar-refractivity contribution in [2.24, 2.45) is 11.7 Å². The fraction of sp³-hybridized carbons (Fsp3) is 0.708. The van der Waals surface area contributed by atoms with Crippen LogP contribution in [0.4, 0.5) is 5.00 Å². The van der Waals surface area contributed by atoms with E-state index in [1.165, 1.54) is 35.5 Å². The lowest BCUT2D eigenvalue weighted by atomic mass is 9.88. The number of thiophene rings is 1. The van der Waals surface area contributed by atoms with E-state index in [0.29, 0.717) is 23.5 Å². The number of nitrogens with zero attached hydrogens (tertiary/aromatic N) is 1. The number of aryl methyl sites for hydroxylation is 1. The number of amides is 3. The Labute approximate surface area is 194 Å². The first-order chi connectivity index (χ1) is 15.5. The smallest absolute Gasteiger partial charge is 0.251 e. The van der Waals surface area contributed by atoms with E-state index in [1.807, 2.05) is 0 Å². The van der Waals surface area contributed by atoms with Crippen molar-refractivity contribution in [1.29, 1.82) is 0 Å². The van der Waals surface area contributed by atoms with Gasteiger partial charge in [0.1, 0.15) is 5.00 Å². The summed E-state index contributed by atoms with van der Waals surface area (Å²) in [5, 5.41) is 6.84. The van der Waals surface area contributed by atoms with Crippen LogP contribution in [0.1, 0.15) is 85.0 Å². The fourth-order valence-electron chi connectivity index (χ4n) is 5.35. The molecule has 3 aliphatic rings. The van der Waals surface area contributed by atoms with E-state index in [9.17, 15) is 14.4 Å². The Hall–Kier alpha value is -1.93. The highest BCUT2D eigenvalue weighted by molar-refractivity contribution is 7.17. The number of likely N-dealkylation sites (tertiary alicyclic amines) is 1. The molecule has 1 saturated heterocycles. The molecule has 7 nitrogen and oxygen atoms in total. The minimum atomic E-state index is -0.447. The van der Waals surface area contributed by atoms with Gasteiger partial charge < -0.3 is 21.3 Å². The van der Waals surface area contributed by atoms with Crippen molar-refractivity contribution in [1.82, 2.24) is 10.2 Å². The molecule has 4 N–H and O–H groups in total. The molecule has 8 heteroatoms. The molecule has 176 valence electrons. The quantitative estimate of drug-likeness (QED) is 0.581. The molecule has 0 spiro atoms. The number of hydrogen-bond acceptors (Lipinski definition) is 5. The average Bonchev–Trinajstić information content (AvgIpc) is 3.17. The van der Waals surface area contributed by atoms with Crippen molar-refractivity contribution >= 4 is 34.1 Å². The third kappa shape index (κ3) is 5.70. The number of anilines is 1. The van der Waals surface area contributed by atoms with Gasteiger partial charge in [-0.3, -0.25) is 14.4 Å². The van der Waals surface area contributed by atoms with Crippen LogP contribution in [0, 0.1) is 5.92 Å². The molecule has 4 rings (SSSR count). The minimum Gasteiger partial charge on any atom is -0.365 e. The Bertz CT molecular complexity index is 839. The number of fused-ring (bicyclic) bond motifs is 1. The molecule has 1 aliphatic heterocycles. The largest absolute Gasteiger partial charge is 0.365 e. The first kappa shape index (κ1) is 23.2. The maximum absolute atomic E-state index is 12.6. The highest BCUT2D eigenvalue weighted by atomic mass is 32.1. The Balaban J connectivity index is 1.21. The van der Waals surface area contributed by atoms with E-state index in [-0.39, 0.29) is 23.8 Å². The van der Waals surface area contributed by atoms with Crippen LogP contribution in [-0.4, -0.2) is 48.3 Å². The van der Waals surface area contributed by atoms with Crippen LogP contribution < -0.4 is 16.4 Å². The molecule has 0 radical (unpaired) electrons. The number of piperidine rings is 1. The van der Waals surface area contributed by atoms with Gasteiger partial charge in [-0.1, -0.05) is 19.3 Å². The molecular weight excluding hydrogens is 424 g/mol. The molecule has 0 atom stereocenters. The second-order valence-electron chi connectivity index (χ2n) is 9.54. The van der Waals surface area contributed by atoms with E-state index >= 15 is 0 Å². The molecule has 32 heavy (non-hydrogen) atoms. The highest BCUT2D eigenvalue weighted by Gasteiger charge is 2.27. The van der Waals surface area contributed by atoms with Gasteiger partial charge in [0.15, 0.2) is 0 Å². The van der Waals surface area contributed by atoms with Gasteiger partial charge in [-0.25, -0.2) is 0 Å². The Morgan fingerprint density at radius 2 is 1.69 bits per heavy atom. The second kappa shape index (κ2) is 10.8. The topological polar surface area (TPSA) is 105 Å². The van der Waals surface area contributed by atoms with Crippen molar-refractivity contribution in [2.45, 2.75) is 83.1 Å². The van der Waals surface area contributed by atoms with Crippen LogP contribution in [0.3, 0.4) is 0 Å². The van der Waals surface area contributed by atoms with Crippen LogP contribution in [0.15, 0.2) is 0 Å². The van der Waals surface area contributed by atoms with E-state index in [4.69, 9.17) is 5.73 Å². The summed E-state index contributed by atoms with van der Waals surface area (Å²) in [6, 6.07) is 0.255. The summed E-state index contributed by atoms with van der Waals surface area (Å²) >= 11 is 1.51. The van der Waals surface area contributed by atoms with Gasteiger partial charge in [0.25, 0.3) is 5.91 Å². The van der Waals surface area contributed by atoms with Crippen LogP contribution in [0.2, 0.25) is 0 Å². The first-order valence-corrected chi connectivity index (χ1v) is 13.1. The first-order valence-electron chi connectivity index (χ1n) is 12.3. The molecule has 0 bridgehead atoms. The van der Waals surface area contributed by atoms with E-state index in [0.717, 1.165) is 70.0 Å². The molecule has 1 saturated carbocycles. The lowest BCUT2D eigenvalue weighted by molar-refractivity contribution is -0.127. The number of hydrogen-bond donors (Lipinski definition) is 3. The van der Waals surface area contributed by atoms with Gasteiger partial charge in [-0.05, 0) is 56.9 Å². The zero-order valence-electron chi connectivity index (χ0n) is 18.9. The monoisotopic (exact) mass is 460 g/mol. The van der Waals surface area contributed by atoms with Crippen molar-refractivity contribution in [2.75, 3.05) is 25.0 Å². The van der Waals surface area contributed by atoms with Crippen LogP contribution in [-0.2, 0) is 22.4 Å². The standard InChI is InChI=1S/C24H36N4O3S/c25-22(30)21-18-8-4-5-9-19(18)32-24(21)27-20(29)12-15-28-13-10-17(11-14-28)26-23(31)16-6-2-1-3-7-16/h16-17H,1-15H2,(H2,25,30)(H,26,31)(H,27,29). The van der Waals surface area contributed by atoms with Gasteiger partial charge in [-0.15, -0.1) is 11.3 Å². The van der Waals surface area contributed by atoms with E-state index in [2.05, 4.69) is 15.5 Å². The zero-order valence-corrected chi connectivity index (χ0v) is 19.7. The third-order valence-corrected chi connectivity index (χ3v) is 8.44. The molecule has 2 heterocycles. The van der Waals surface area contributed by atoms with Gasteiger partial charge in [0.05, 0.1) is 5.56 Å². The summed E-state index contributed by atoms with van der Waals surface area (Å²) in [6.07, 6.45) is 11.9. The van der Waals surface area contributed by atoms with Crippen molar-refractivity contribution in [3.05, 3.63) is 16.0 Å². The van der Waals surface area contributed by atoms with Crippen LogP contribution in [0.5, 0.6) is 0 Å². The van der Waals surface area contributed by atoms with E-state index in [1.54, 1.807) is 0 Å². The predicted molar refractivity (Wildman–Crippen MR) is 127 cm³/mol. The second-order valence-corrected chi connectivity index (χ2v) is 10.6. The van der Waals surface area contributed by atoms with E-state index < -0.39 is 5.91 Å². The molecular formula is C24H36N4O3S. The molecule has 2 aliphatic carbocycles. The number of carbonyl (C=O) groups is 3. The fourth-order valence-corrected chi connectivity index (χ4v) is 6.66. The van der Waals surface area contributed by atoms with Gasteiger partial charge in [0, 0.05) is 42.9 Å². The zero-order chi connectivity index (χ0) is 22.5. The maximum atomic E-state index is 12.6. The highest BCUT2D eigenvalue weighted by Crippen LogP contribution is 2.38. The summed E-state index contributed by atoms with van der Waals surface area (Å²) in [6.45, 7) is 2.47. The van der Waals surface area contributed by atoms with Crippen LogP contribution >= 0.6 is 11.3 Å². The number of nitrogens with two attached hydrogens (primary N) is 1. The van der Waals surface area contributed by atoms with Gasteiger partial charge in [0.2, 0.25) is 11.8 Å². The van der Waals surface area contributed by atoms with Gasteiger partial charge >= 0.3 is 0 Å². The maximum Gasteiger partial charge on any atom is 0.251 e. The average molecular weight is 461 g/mol. The number of primary amides is 1. The lowest BCUT2D eigenvalue weighted by Crippen LogP contribution is -2.47. The molecule has 3 amide bonds. The molecule has 0 aromatic carbocycles. The summed E-state index contributed by atoms with van der Waals surface area (Å²) in [7, 11) is 0. The Morgan fingerprint density at radius 1 is 0.969 bits per heavy atom. The molecule has 1 aromatic rings. The molecule has 0 unspecified atom stereocenters. The Morgan fingerprint density at radius 3 is 2.41 bits per heavy atom. The van der Waals surface area contributed by atoms with Crippen molar-refractivity contribution in [3.63, 3.8) is 0 Å². The SMILES string of the molecule is NC(=O)c1c(NC(=O)CCN2CCC(NC(=O)C3CCCCC3)CC2)sc2c1CCCC2. The predicted octanol–water partition coefficient (Wildman–Crippen LogP) is 3.22. The molecule has 1 aromatic heterocycles. The van der Waals surface area contributed by atoms with Crippen molar-refractivity contribution < 1.29 is 14.4 Å². The lowest BCUT2D eigenvalue weighted by Gasteiger charge is -2.33. The summed E-state index contributed by atoms with van der Waals surface area (Å²) < 4.78 is 0. The minimum absolute atomic E-state index is 0.0705. The van der Waals surface area contributed by atoms with Crippen LogP contribution in [0.25, 0.3) is 0 Å².